The fraction of sp³-hybridized carbons (Fsp3) is 0.154. The average molecular weight is 248 g/mol. The van der Waals surface area contributed by atoms with Crippen molar-refractivity contribution in [1.82, 2.24) is 0 Å². The van der Waals surface area contributed by atoms with Gasteiger partial charge in [0.05, 0.1) is 7.11 Å². The maximum atomic E-state index is 11.3. The summed E-state index contributed by atoms with van der Waals surface area (Å²) in [6.45, 7) is 0. The molecule has 1 heterocycles. The van der Waals surface area contributed by atoms with E-state index in [-0.39, 0.29) is 0 Å². The lowest BCUT2D eigenvalue weighted by molar-refractivity contribution is -0.137. The molecule has 0 saturated carbocycles. The first-order valence-electron chi connectivity index (χ1n) is 5.12. The number of carbonyl (C=O) groups is 1. The third-order valence-corrected chi connectivity index (χ3v) is 3.46. The van der Waals surface area contributed by atoms with E-state index >= 15 is 0 Å². The van der Waals surface area contributed by atoms with Crippen LogP contribution in [0, 0.1) is 0 Å². The van der Waals surface area contributed by atoms with E-state index < -0.39 is 11.9 Å². The van der Waals surface area contributed by atoms with Crippen molar-refractivity contribution < 1.29 is 14.6 Å². The summed E-state index contributed by atoms with van der Waals surface area (Å²) in [6.07, 6.45) is 0. The van der Waals surface area contributed by atoms with Gasteiger partial charge in [0.1, 0.15) is 11.7 Å². The Morgan fingerprint density at radius 2 is 2.00 bits per heavy atom. The Morgan fingerprint density at radius 1 is 1.29 bits per heavy atom. The van der Waals surface area contributed by atoms with Crippen LogP contribution in [-0.4, -0.2) is 18.2 Å². The predicted octanol–water partition coefficient (Wildman–Crippen LogP) is 2.97. The highest BCUT2D eigenvalue weighted by Gasteiger charge is 2.22. The largest absolute Gasteiger partial charge is 0.497 e. The first kappa shape index (κ1) is 11.7. The molecular formula is C13H12O3S. The molecule has 0 amide bonds. The van der Waals surface area contributed by atoms with E-state index in [1.54, 1.807) is 31.4 Å². The minimum Gasteiger partial charge on any atom is -0.497 e. The van der Waals surface area contributed by atoms with Crippen LogP contribution in [0.25, 0.3) is 0 Å². The summed E-state index contributed by atoms with van der Waals surface area (Å²) in [5.41, 5.74) is 0.765. The number of benzene rings is 1. The van der Waals surface area contributed by atoms with Gasteiger partial charge in [-0.05, 0) is 29.1 Å². The number of ether oxygens (including phenoxy) is 1. The first-order chi connectivity index (χ1) is 8.22. The zero-order chi connectivity index (χ0) is 12.3. The lowest BCUT2D eigenvalue weighted by Gasteiger charge is -2.11. The van der Waals surface area contributed by atoms with Crippen molar-refractivity contribution >= 4 is 17.3 Å². The molecule has 1 aromatic heterocycles. The quantitative estimate of drug-likeness (QED) is 0.904. The summed E-state index contributed by atoms with van der Waals surface area (Å²) >= 11 is 1.45. The summed E-state index contributed by atoms with van der Waals surface area (Å²) in [5.74, 6) is -0.706. The van der Waals surface area contributed by atoms with Crippen LogP contribution >= 0.6 is 11.3 Å². The number of carboxylic acid groups (broad SMARTS) is 1. The third kappa shape index (κ3) is 2.47. The third-order valence-electron chi connectivity index (χ3n) is 2.52. The highest BCUT2D eigenvalue weighted by molar-refractivity contribution is 7.10. The van der Waals surface area contributed by atoms with Gasteiger partial charge >= 0.3 is 5.97 Å². The van der Waals surface area contributed by atoms with Crippen molar-refractivity contribution in [3.05, 3.63) is 52.2 Å². The highest BCUT2D eigenvalue weighted by Crippen LogP contribution is 2.29. The van der Waals surface area contributed by atoms with Gasteiger partial charge in [-0.3, -0.25) is 4.79 Å². The second-order valence-corrected chi connectivity index (χ2v) is 4.54. The van der Waals surface area contributed by atoms with E-state index in [4.69, 9.17) is 4.74 Å². The van der Waals surface area contributed by atoms with Gasteiger partial charge in [0.15, 0.2) is 0 Å². The Kier molecular flexibility index (Phi) is 3.44. The lowest BCUT2D eigenvalue weighted by Crippen LogP contribution is -2.11. The predicted molar refractivity (Wildman–Crippen MR) is 66.8 cm³/mol. The molecule has 1 N–H and O–H groups in total. The number of hydrogen-bond acceptors (Lipinski definition) is 3. The van der Waals surface area contributed by atoms with Crippen LogP contribution in [0.1, 0.15) is 16.4 Å². The van der Waals surface area contributed by atoms with Crippen molar-refractivity contribution in [3.63, 3.8) is 0 Å². The van der Waals surface area contributed by atoms with E-state index in [1.807, 2.05) is 17.5 Å². The van der Waals surface area contributed by atoms with Gasteiger partial charge in [0.2, 0.25) is 0 Å². The molecule has 0 aliphatic heterocycles. The fourth-order valence-corrected chi connectivity index (χ4v) is 2.52. The number of thiophene rings is 1. The van der Waals surface area contributed by atoms with Crippen LogP contribution in [0.2, 0.25) is 0 Å². The maximum Gasteiger partial charge on any atom is 0.316 e. The molecule has 0 aliphatic carbocycles. The molecule has 0 saturated heterocycles. The zero-order valence-electron chi connectivity index (χ0n) is 9.29. The molecule has 0 spiro atoms. The normalized spacial score (nSPS) is 12.1. The fourth-order valence-electron chi connectivity index (χ4n) is 1.68. The molecule has 88 valence electrons. The number of aliphatic carboxylic acids is 1. The molecule has 1 aromatic carbocycles. The number of carboxylic acids is 1. The Labute approximate surface area is 103 Å². The minimum atomic E-state index is -0.836. The highest BCUT2D eigenvalue weighted by atomic mass is 32.1. The second kappa shape index (κ2) is 5.01. The number of methoxy groups -OCH3 is 1. The lowest BCUT2D eigenvalue weighted by atomic mass is 9.97. The number of rotatable bonds is 4. The summed E-state index contributed by atoms with van der Waals surface area (Å²) in [7, 11) is 1.59. The van der Waals surface area contributed by atoms with E-state index in [1.165, 1.54) is 11.3 Å². The molecule has 1 unspecified atom stereocenters. The van der Waals surface area contributed by atoms with Crippen LogP contribution in [0.4, 0.5) is 0 Å². The Hall–Kier alpha value is -1.81. The first-order valence-corrected chi connectivity index (χ1v) is 6.00. The molecule has 0 bridgehead atoms. The molecule has 1 atom stereocenters. The Balaban J connectivity index is 2.36. The van der Waals surface area contributed by atoms with Crippen LogP contribution < -0.4 is 4.74 Å². The second-order valence-electron chi connectivity index (χ2n) is 3.56. The molecule has 17 heavy (non-hydrogen) atoms. The summed E-state index contributed by atoms with van der Waals surface area (Å²) in [5, 5.41) is 11.2. The number of hydrogen-bond donors (Lipinski definition) is 1. The summed E-state index contributed by atoms with van der Waals surface area (Å²) < 4.78 is 5.06. The van der Waals surface area contributed by atoms with Gasteiger partial charge in [-0.25, -0.2) is 0 Å². The van der Waals surface area contributed by atoms with Crippen molar-refractivity contribution in [2.24, 2.45) is 0 Å². The van der Waals surface area contributed by atoms with Gasteiger partial charge in [-0.2, -0.15) is 0 Å². The van der Waals surface area contributed by atoms with E-state index in [0.29, 0.717) is 0 Å². The monoisotopic (exact) mass is 248 g/mol. The summed E-state index contributed by atoms with van der Waals surface area (Å²) in [6, 6.07) is 10.8. The molecule has 0 fully saturated rings. The van der Waals surface area contributed by atoms with Crippen LogP contribution in [0.15, 0.2) is 41.8 Å². The standard InChI is InChI=1S/C13H12O3S/c1-16-10-6-4-9(5-7-10)12(13(14)15)11-3-2-8-17-11/h2-8,12H,1H3,(H,14,15). The van der Waals surface area contributed by atoms with Crippen LogP contribution in [0.5, 0.6) is 5.75 Å². The van der Waals surface area contributed by atoms with Gasteiger partial charge in [-0.1, -0.05) is 18.2 Å². The van der Waals surface area contributed by atoms with Gasteiger partial charge in [0.25, 0.3) is 0 Å². The average Bonchev–Trinajstić information content (AvgIpc) is 2.83. The van der Waals surface area contributed by atoms with Crippen molar-refractivity contribution in [3.8, 4) is 5.75 Å². The molecule has 0 radical (unpaired) electrons. The Morgan fingerprint density at radius 3 is 2.47 bits per heavy atom. The van der Waals surface area contributed by atoms with E-state index in [0.717, 1.165) is 16.2 Å². The van der Waals surface area contributed by atoms with E-state index in [9.17, 15) is 9.90 Å². The SMILES string of the molecule is COc1ccc(C(C(=O)O)c2cccs2)cc1. The summed E-state index contributed by atoms with van der Waals surface area (Å²) in [4.78, 5) is 12.2. The molecule has 4 heteroatoms. The molecule has 3 nitrogen and oxygen atoms in total. The zero-order valence-corrected chi connectivity index (χ0v) is 10.1. The van der Waals surface area contributed by atoms with Gasteiger partial charge in [-0.15, -0.1) is 11.3 Å². The van der Waals surface area contributed by atoms with Crippen molar-refractivity contribution in [2.75, 3.05) is 7.11 Å². The minimum absolute atomic E-state index is 0.596. The van der Waals surface area contributed by atoms with Crippen LogP contribution in [0.3, 0.4) is 0 Å². The molecule has 2 aromatic rings. The Bertz CT molecular complexity index is 488. The molecule has 2 rings (SSSR count). The van der Waals surface area contributed by atoms with Crippen molar-refractivity contribution in [2.45, 2.75) is 5.92 Å². The van der Waals surface area contributed by atoms with Gasteiger partial charge < -0.3 is 9.84 Å². The topological polar surface area (TPSA) is 46.5 Å². The van der Waals surface area contributed by atoms with E-state index in [2.05, 4.69) is 0 Å². The molecule has 0 aliphatic rings. The van der Waals surface area contributed by atoms with Crippen LogP contribution in [-0.2, 0) is 4.79 Å². The smallest absolute Gasteiger partial charge is 0.316 e. The van der Waals surface area contributed by atoms with Crippen molar-refractivity contribution in [1.29, 1.82) is 0 Å². The molecular weight excluding hydrogens is 236 g/mol. The maximum absolute atomic E-state index is 11.3. The van der Waals surface area contributed by atoms with Gasteiger partial charge in [0, 0.05) is 4.88 Å².